The summed E-state index contributed by atoms with van der Waals surface area (Å²) in [7, 11) is -2.04. The molecule has 0 spiro atoms. The minimum absolute atomic E-state index is 0.0961. The quantitative estimate of drug-likeness (QED) is 0.547. The SMILES string of the molecule is CNC(=O)C(C)N(Cc1ccc(C)cc1)C(=O)CCCN(c1cc(Cl)ccc1C)S(C)(=O)=O. The van der Waals surface area contributed by atoms with Gasteiger partial charge in [0.1, 0.15) is 6.04 Å². The molecule has 0 saturated carbocycles. The fourth-order valence-corrected chi connectivity index (χ4v) is 4.70. The van der Waals surface area contributed by atoms with Gasteiger partial charge in [-0.2, -0.15) is 0 Å². The van der Waals surface area contributed by atoms with Crippen molar-refractivity contribution in [3.05, 3.63) is 64.2 Å². The standard InChI is InChI=1S/C24H32ClN3O4S/c1-17-8-11-20(12-9-17)16-27(19(3)24(30)26-4)23(29)7-6-14-28(33(5,31)32)22-15-21(25)13-10-18(22)2/h8-13,15,19H,6-7,14,16H2,1-5H3,(H,26,30). The third kappa shape index (κ3) is 7.47. The number of anilines is 1. The molecule has 2 amide bonds. The van der Waals surface area contributed by atoms with Crippen molar-refractivity contribution >= 4 is 39.1 Å². The number of aryl methyl sites for hydroxylation is 2. The molecule has 1 unspecified atom stereocenters. The Kier molecular flexibility index (Phi) is 9.31. The van der Waals surface area contributed by atoms with Crippen LogP contribution in [0.3, 0.4) is 0 Å². The molecule has 1 N–H and O–H groups in total. The summed E-state index contributed by atoms with van der Waals surface area (Å²) >= 11 is 6.08. The van der Waals surface area contributed by atoms with E-state index in [1.54, 1.807) is 25.1 Å². The van der Waals surface area contributed by atoms with Crippen molar-refractivity contribution < 1.29 is 18.0 Å². The number of carbonyl (C=O) groups excluding carboxylic acids is 2. The summed E-state index contributed by atoms with van der Waals surface area (Å²) in [5.41, 5.74) is 3.28. The lowest BCUT2D eigenvalue weighted by Gasteiger charge is -2.29. The van der Waals surface area contributed by atoms with E-state index in [1.165, 1.54) is 16.3 Å². The Hall–Kier alpha value is -2.58. The van der Waals surface area contributed by atoms with Crippen molar-refractivity contribution in [3.8, 4) is 0 Å². The van der Waals surface area contributed by atoms with Gasteiger partial charge >= 0.3 is 0 Å². The number of rotatable bonds is 10. The van der Waals surface area contributed by atoms with Crippen LogP contribution in [0.2, 0.25) is 5.02 Å². The number of likely N-dealkylation sites (N-methyl/N-ethyl adjacent to an activating group) is 1. The smallest absolute Gasteiger partial charge is 0.242 e. The van der Waals surface area contributed by atoms with E-state index in [2.05, 4.69) is 5.32 Å². The Morgan fingerprint density at radius 3 is 2.30 bits per heavy atom. The van der Waals surface area contributed by atoms with Crippen LogP contribution in [0.5, 0.6) is 0 Å². The van der Waals surface area contributed by atoms with Gasteiger partial charge in [0.2, 0.25) is 21.8 Å². The second-order valence-corrected chi connectivity index (χ2v) is 10.5. The Bertz CT molecular complexity index is 1090. The maximum absolute atomic E-state index is 13.1. The van der Waals surface area contributed by atoms with Gasteiger partial charge in [0, 0.05) is 31.6 Å². The molecule has 7 nitrogen and oxygen atoms in total. The van der Waals surface area contributed by atoms with E-state index in [0.717, 1.165) is 22.9 Å². The lowest BCUT2D eigenvalue weighted by molar-refractivity contribution is -0.140. The fourth-order valence-electron chi connectivity index (χ4n) is 3.52. The summed E-state index contributed by atoms with van der Waals surface area (Å²) in [5, 5.41) is 3.02. The van der Waals surface area contributed by atoms with Crippen LogP contribution in [0.25, 0.3) is 0 Å². The zero-order chi connectivity index (χ0) is 24.8. The first-order valence-corrected chi connectivity index (χ1v) is 13.0. The second-order valence-electron chi connectivity index (χ2n) is 8.17. The van der Waals surface area contributed by atoms with E-state index in [-0.39, 0.29) is 31.3 Å². The van der Waals surface area contributed by atoms with E-state index in [0.29, 0.717) is 17.1 Å². The number of sulfonamides is 1. The minimum Gasteiger partial charge on any atom is -0.357 e. The Morgan fingerprint density at radius 1 is 1.09 bits per heavy atom. The zero-order valence-corrected chi connectivity index (χ0v) is 21.3. The molecule has 2 aromatic carbocycles. The van der Waals surface area contributed by atoms with Gasteiger partial charge in [0.05, 0.1) is 11.9 Å². The molecule has 0 aliphatic carbocycles. The fraction of sp³-hybridized carbons (Fsp3) is 0.417. The summed E-state index contributed by atoms with van der Waals surface area (Å²) in [4.78, 5) is 26.9. The molecule has 0 fully saturated rings. The molecule has 0 heterocycles. The van der Waals surface area contributed by atoms with Gasteiger partial charge in [0.15, 0.2) is 0 Å². The van der Waals surface area contributed by atoms with Crippen molar-refractivity contribution in [2.75, 3.05) is 24.2 Å². The van der Waals surface area contributed by atoms with Crippen molar-refractivity contribution in [2.24, 2.45) is 0 Å². The molecule has 1 atom stereocenters. The maximum Gasteiger partial charge on any atom is 0.242 e. The van der Waals surface area contributed by atoms with Crippen LogP contribution in [-0.2, 0) is 26.2 Å². The highest BCUT2D eigenvalue weighted by atomic mass is 35.5. The monoisotopic (exact) mass is 493 g/mol. The van der Waals surface area contributed by atoms with Crippen molar-refractivity contribution in [3.63, 3.8) is 0 Å². The molecule has 9 heteroatoms. The van der Waals surface area contributed by atoms with Crippen LogP contribution in [0.4, 0.5) is 5.69 Å². The summed E-state index contributed by atoms with van der Waals surface area (Å²) < 4.78 is 26.2. The van der Waals surface area contributed by atoms with Gasteiger partial charge in [-0.1, -0.05) is 47.5 Å². The molecule has 0 aliphatic heterocycles. The molecule has 0 saturated heterocycles. The van der Waals surface area contributed by atoms with E-state index >= 15 is 0 Å². The molecule has 2 rings (SSSR count). The maximum atomic E-state index is 13.1. The van der Waals surface area contributed by atoms with E-state index < -0.39 is 16.1 Å². The molecule has 33 heavy (non-hydrogen) atoms. The lowest BCUT2D eigenvalue weighted by atomic mass is 10.1. The lowest BCUT2D eigenvalue weighted by Crippen LogP contribution is -2.46. The number of nitrogens with one attached hydrogen (secondary N) is 1. The molecule has 0 radical (unpaired) electrons. The summed E-state index contributed by atoms with van der Waals surface area (Å²) in [6.45, 7) is 5.89. The Balaban J connectivity index is 2.17. The third-order valence-corrected chi connectivity index (χ3v) is 6.89. The number of nitrogens with zero attached hydrogens (tertiary/aromatic N) is 2. The highest BCUT2D eigenvalue weighted by Gasteiger charge is 2.26. The number of hydrogen-bond acceptors (Lipinski definition) is 4. The number of halogens is 1. The van der Waals surface area contributed by atoms with Crippen molar-refractivity contribution in [1.29, 1.82) is 0 Å². The first-order valence-electron chi connectivity index (χ1n) is 10.7. The molecule has 2 aromatic rings. The van der Waals surface area contributed by atoms with E-state index in [4.69, 9.17) is 11.6 Å². The largest absolute Gasteiger partial charge is 0.357 e. The minimum atomic E-state index is -3.58. The highest BCUT2D eigenvalue weighted by Crippen LogP contribution is 2.27. The van der Waals surface area contributed by atoms with Crippen LogP contribution in [0.1, 0.15) is 36.5 Å². The topological polar surface area (TPSA) is 86.8 Å². The average molecular weight is 494 g/mol. The van der Waals surface area contributed by atoms with E-state index in [1.807, 2.05) is 38.1 Å². The number of hydrogen-bond donors (Lipinski definition) is 1. The summed E-state index contributed by atoms with van der Waals surface area (Å²) in [6.07, 6.45) is 1.52. The van der Waals surface area contributed by atoms with Crippen LogP contribution >= 0.6 is 11.6 Å². The van der Waals surface area contributed by atoms with Crippen LogP contribution in [-0.4, -0.2) is 51.0 Å². The third-order valence-electron chi connectivity index (χ3n) is 5.48. The van der Waals surface area contributed by atoms with Crippen LogP contribution in [0.15, 0.2) is 42.5 Å². The molecule has 0 aliphatic rings. The van der Waals surface area contributed by atoms with Gasteiger partial charge in [-0.25, -0.2) is 8.42 Å². The van der Waals surface area contributed by atoms with Crippen LogP contribution in [0, 0.1) is 13.8 Å². The second kappa shape index (κ2) is 11.5. The number of amides is 2. The number of benzene rings is 2. The highest BCUT2D eigenvalue weighted by molar-refractivity contribution is 7.92. The Morgan fingerprint density at radius 2 is 1.73 bits per heavy atom. The Labute approximate surface area is 201 Å². The first kappa shape index (κ1) is 26.7. The van der Waals surface area contributed by atoms with Gasteiger partial charge < -0.3 is 10.2 Å². The van der Waals surface area contributed by atoms with Crippen molar-refractivity contribution in [1.82, 2.24) is 10.2 Å². The summed E-state index contributed by atoms with van der Waals surface area (Å²) in [5.74, 6) is -0.481. The summed E-state index contributed by atoms with van der Waals surface area (Å²) in [6, 6.07) is 12.2. The zero-order valence-electron chi connectivity index (χ0n) is 19.8. The average Bonchev–Trinajstić information content (AvgIpc) is 2.76. The number of carbonyl (C=O) groups is 2. The normalized spacial score (nSPS) is 12.2. The van der Waals surface area contributed by atoms with Crippen molar-refractivity contribution in [2.45, 2.75) is 46.2 Å². The first-order chi connectivity index (χ1) is 15.4. The van der Waals surface area contributed by atoms with Gasteiger partial charge in [-0.05, 0) is 50.5 Å². The predicted molar refractivity (Wildman–Crippen MR) is 133 cm³/mol. The molecule has 0 aromatic heterocycles. The van der Waals surface area contributed by atoms with Gasteiger partial charge in [0.25, 0.3) is 0 Å². The molecule has 180 valence electrons. The molecular weight excluding hydrogens is 462 g/mol. The van der Waals surface area contributed by atoms with Gasteiger partial charge in [-0.3, -0.25) is 13.9 Å². The van der Waals surface area contributed by atoms with Crippen LogP contribution < -0.4 is 9.62 Å². The van der Waals surface area contributed by atoms with E-state index in [9.17, 15) is 18.0 Å². The predicted octanol–water partition coefficient (Wildman–Crippen LogP) is 3.67. The van der Waals surface area contributed by atoms with Gasteiger partial charge in [-0.15, -0.1) is 0 Å². The molecule has 0 bridgehead atoms. The molecular formula is C24H32ClN3O4S.